The van der Waals surface area contributed by atoms with Gasteiger partial charge in [0.1, 0.15) is 5.75 Å². The van der Waals surface area contributed by atoms with Crippen molar-refractivity contribution < 1.29 is 14.3 Å². The first-order chi connectivity index (χ1) is 9.58. The molecule has 0 spiro atoms. The van der Waals surface area contributed by atoms with Crippen molar-refractivity contribution in [2.45, 2.75) is 26.3 Å². The van der Waals surface area contributed by atoms with Crippen molar-refractivity contribution in [1.29, 1.82) is 0 Å². The number of ether oxygens (including phenoxy) is 2. The summed E-state index contributed by atoms with van der Waals surface area (Å²) in [7, 11) is 1.89. The standard InChI is InChI=1S/C14H19Br2NO3/c1-3-4-5-19-13(18)9-20-14-11(15)6-10(8-17-2)7-12(14)16/h6-7,17H,3-5,8-9H2,1-2H3. The van der Waals surface area contributed by atoms with E-state index in [2.05, 4.69) is 37.2 Å². The van der Waals surface area contributed by atoms with Crippen LogP contribution in [0, 0.1) is 0 Å². The summed E-state index contributed by atoms with van der Waals surface area (Å²) in [5, 5.41) is 3.08. The van der Waals surface area contributed by atoms with Crippen LogP contribution in [0.3, 0.4) is 0 Å². The van der Waals surface area contributed by atoms with Crippen molar-refractivity contribution in [3.8, 4) is 5.75 Å². The Morgan fingerprint density at radius 2 is 1.95 bits per heavy atom. The Morgan fingerprint density at radius 1 is 1.30 bits per heavy atom. The van der Waals surface area contributed by atoms with E-state index in [1.54, 1.807) is 0 Å². The molecule has 4 nitrogen and oxygen atoms in total. The maximum absolute atomic E-state index is 11.5. The number of hydrogen-bond donors (Lipinski definition) is 1. The van der Waals surface area contributed by atoms with Crippen molar-refractivity contribution in [2.24, 2.45) is 0 Å². The monoisotopic (exact) mass is 407 g/mol. The SMILES string of the molecule is CCCCOC(=O)COc1c(Br)cc(CNC)cc1Br. The van der Waals surface area contributed by atoms with E-state index < -0.39 is 0 Å². The highest BCUT2D eigenvalue weighted by atomic mass is 79.9. The summed E-state index contributed by atoms with van der Waals surface area (Å²) in [5.41, 5.74) is 1.11. The van der Waals surface area contributed by atoms with Gasteiger partial charge < -0.3 is 14.8 Å². The zero-order chi connectivity index (χ0) is 15.0. The molecule has 0 heterocycles. The number of carbonyl (C=O) groups excluding carboxylic acids is 1. The molecule has 0 saturated heterocycles. The van der Waals surface area contributed by atoms with Gasteiger partial charge in [0.05, 0.1) is 15.6 Å². The lowest BCUT2D eigenvalue weighted by Gasteiger charge is -2.12. The molecule has 0 aliphatic rings. The smallest absolute Gasteiger partial charge is 0.344 e. The number of unbranched alkanes of at least 4 members (excludes halogenated alkanes) is 1. The zero-order valence-electron chi connectivity index (χ0n) is 11.7. The van der Waals surface area contributed by atoms with Gasteiger partial charge in [0.2, 0.25) is 0 Å². The predicted molar refractivity (Wildman–Crippen MR) is 86.0 cm³/mol. The van der Waals surface area contributed by atoms with Gasteiger partial charge in [-0.2, -0.15) is 0 Å². The highest BCUT2D eigenvalue weighted by Crippen LogP contribution is 2.34. The van der Waals surface area contributed by atoms with Gasteiger partial charge in [-0.05, 0) is 63.0 Å². The fourth-order valence-corrected chi connectivity index (χ4v) is 3.07. The fraction of sp³-hybridized carbons (Fsp3) is 0.500. The normalized spacial score (nSPS) is 10.4. The molecule has 0 radical (unpaired) electrons. The van der Waals surface area contributed by atoms with E-state index in [-0.39, 0.29) is 12.6 Å². The van der Waals surface area contributed by atoms with Crippen LogP contribution in [0.5, 0.6) is 5.75 Å². The second kappa shape index (κ2) is 9.37. The van der Waals surface area contributed by atoms with Gasteiger partial charge in [-0.3, -0.25) is 0 Å². The molecule has 1 N–H and O–H groups in total. The van der Waals surface area contributed by atoms with Crippen molar-refractivity contribution >= 4 is 37.8 Å². The molecular weight excluding hydrogens is 390 g/mol. The number of nitrogens with one attached hydrogen (secondary N) is 1. The molecule has 0 atom stereocenters. The summed E-state index contributed by atoms with van der Waals surface area (Å²) in [4.78, 5) is 11.5. The van der Waals surface area contributed by atoms with Crippen LogP contribution in [-0.4, -0.2) is 26.2 Å². The van der Waals surface area contributed by atoms with Crippen LogP contribution in [0.2, 0.25) is 0 Å². The topological polar surface area (TPSA) is 47.6 Å². The second-order valence-corrected chi connectivity index (χ2v) is 5.99. The quantitative estimate of drug-likeness (QED) is 0.526. The molecule has 0 unspecified atom stereocenters. The minimum Gasteiger partial charge on any atom is -0.480 e. The summed E-state index contributed by atoms with van der Waals surface area (Å²) in [6, 6.07) is 3.91. The third-order valence-corrected chi connectivity index (χ3v) is 3.71. The first-order valence-corrected chi connectivity index (χ1v) is 8.08. The predicted octanol–water partition coefficient (Wildman–Crippen LogP) is 3.65. The van der Waals surface area contributed by atoms with Crippen molar-refractivity contribution in [1.82, 2.24) is 5.32 Å². The Labute approximate surface area is 136 Å². The van der Waals surface area contributed by atoms with Crippen LogP contribution in [-0.2, 0) is 16.1 Å². The van der Waals surface area contributed by atoms with E-state index in [4.69, 9.17) is 9.47 Å². The molecular formula is C14H19Br2NO3. The lowest BCUT2D eigenvalue weighted by Crippen LogP contribution is -2.16. The molecule has 1 aromatic rings. The maximum Gasteiger partial charge on any atom is 0.344 e. The second-order valence-electron chi connectivity index (χ2n) is 4.28. The average Bonchev–Trinajstić information content (AvgIpc) is 2.38. The molecule has 0 aliphatic heterocycles. The van der Waals surface area contributed by atoms with Crippen LogP contribution in [0.15, 0.2) is 21.1 Å². The summed E-state index contributed by atoms with van der Waals surface area (Å²) in [6.45, 7) is 3.16. The lowest BCUT2D eigenvalue weighted by molar-refractivity contribution is -0.146. The van der Waals surface area contributed by atoms with Gasteiger partial charge in [0.25, 0.3) is 0 Å². The van der Waals surface area contributed by atoms with Gasteiger partial charge in [0, 0.05) is 6.54 Å². The number of halogens is 2. The van der Waals surface area contributed by atoms with Crippen molar-refractivity contribution in [3.63, 3.8) is 0 Å². The van der Waals surface area contributed by atoms with Crippen LogP contribution in [0.4, 0.5) is 0 Å². The highest BCUT2D eigenvalue weighted by Gasteiger charge is 2.11. The third kappa shape index (κ3) is 5.81. The van der Waals surface area contributed by atoms with E-state index in [1.807, 2.05) is 26.1 Å². The molecule has 0 fully saturated rings. The minimum absolute atomic E-state index is 0.0910. The number of hydrogen-bond acceptors (Lipinski definition) is 4. The van der Waals surface area contributed by atoms with Crippen molar-refractivity contribution in [3.05, 3.63) is 26.6 Å². The summed E-state index contributed by atoms with van der Waals surface area (Å²) < 4.78 is 12.2. The number of benzene rings is 1. The van der Waals surface area contributed by atoms with Crippen LogP contribution < -0.4 is 10.1 Å². The molecule has 0 saturated carbocycles. The zero-order valence-corrected chi connectivity index (χ0v) is 14.8. The number of rotatable bonds is 8. The Bertz CT molecular complexity index is 429. The van der Waals surface area contributed by atoms with Gasteiger partial charge in [-0.25, -0.2) is 4.79 Å². The molecule has 20 heavy (non-hydrogen) atoms. The van der Waals surface area contributed by atoms with Crippen LogP contribution >= 0.6 is 31.9 Å². The Balaban J connectivity index is 2.57. The molecule has 6 heteroatoms. The molecule has 1 aromatic carbocycles. The van der Waals surface area contributed by atoms with E-state index >= 15 is 0 Å². The van der Waals surface area contributed by atoms with Gasteiger partial charge >= 0.3 is 5.97 Å². The molecule has 0 bridgehead atoms. The van der Waals surface area contributed by atoms with E-state index in [1.165, 1.54) is 0 Å². The maximum atomic E-state index is 11.5. The van der Waals surface area contributed by atoms with Crippen LogP contribution in [0.25, 0.3) is 0 Å². The largest absolute Gasteiger partial charge is 0.480 e. The van der Waals surface area contributed by atoms with Gasteiger partial charge in [-0.1, -0.05) is 13.3 Å². The van der Waals surface area contributed by atoms with Gasteiger partial charge in [-0.15, -0.1) is 0 Å². The minimum atomic E-state index is -0.350. The summed E-state index contributed by atoms with van der Waals surface area (Å²) in [5.74, 6) is 0.258. The molecule has 112 valence electrons. The third-order valence-electron chi connectivity index (χ3n) is 2.53. The summed E-state index contributed by atoms with van der Waals surface area (Å²) in [6.07, 6.45) is 1.87. The Hall–Kier alpha value is -0.590. The van der Waals surface area contributed by atoms with Gasteiger partial charge in [0.15, 0.2) is 6.61 Å². The van der Waals surface area contributed by atoms with Crippen LogP contribution in [0.1, 0.15) is 25.3 Å². The number of carbonyl (C=O) groups is 1. The fourth-order valence-electron chi connectivity index (χ4n) is 1.56. The molecule has 1 rings (SSSR count). The summed E-state index contributed by atoms with van der Waals surface area (Å²) >= 11 is 6.89. The lowest BCUT2D eigenvalue weighted by atomic mass is 10.2. The molecule has 0 aliphatic carbocycles. The molecule has 0 amide bonds. The van der Waals surface area contributed by atoms with Crippen molar-refractivity contribution in [2.75, 3.05) is 20.3 Å². The van der Waals surface area contributed by atoms with E-state index in [0.717, 1.165) is 33.9 Å². The average molecular weight is 409 g/mol. The Kier molecular flexibility index (Phi) is 8.18. The first-order valence-electron chi connectivity index (χ1n) is 6.49. The number of esters is 1. The molecule has 0 aromatic heterocycles. The Morgan fingerprint density at radius 3 is 2.50 bits per heavy atom. The first kappa shape index (κ1) is 17.5. The highest BCUT2D eigenvalue weighted by molar-refractivity contribution is 9.11. The van der Waals surface area contributed by atoms with E-state index in [0.29, 0.717) is 12.4 Å². The van der Waals surface area contributed by atoms with E-state index in [9.17, 15) is 4.79 Å².